The van der Waals surface area contributed by atoms with Crippen molar-refractivity contribution in [2.24, 2.45) is 0 Å². The Morgan fingerprint density at radius 2 is 1.39 bits per heavy atom. The molecule has 21 nitrogen and oxygen atoms in total. The van der Waals surface area contributed by atoms with Gasteiger partial charge in [0.25, 0.3) is 10.1 Å². The molecule has 0 unspecified atom stereocenters. The maximum atomic E-state index is 14.9. The first kappa shape index (κ1) is 75.2. The molecule has 0 radical (unpaired) electrons. The third kappa shape index (κ3) is 18.6. The van der Waals surface area contributed by atoms with Crippen LogP contribution in [-0.2, 0) is 59.9 Å². The van der Waals surface area contributed by atoms with Crippen LogP contribution in [0.1, 0.15) is 89.8 Å². The van der Waals surface area contributed by atoms with E-state index in [1.165, 1.54) is 22.9 Å². The summed E-state index contributed by atoms with van der Waals surface area (Å²) in [5.41, 5.74) is 5.00. The van der Waals surface area contributed by atoms with Gasteiger partial charge in [-0.1, -0.05) is 26.0 Å². The zero-order valence-corrected chi connectivity index (χ0v) is 59.8. The molecule has 2 aliphatic heterocycles. The maximum absolute atomic E-state index is 14.9. The van der Waals surface area contributed by atoms with Crippen molar-refractivity contribution in [1.82, 2.24) is 9.78 Å². The molecule has 1 N–H and O–H groups in total. The summed E-state index contributed by atoms with van der Waals surface area (Å²) in [5, 5.41) is 47.9. The summed E-state index contributed by atoms with van der Waals surface area (Å²) in [5.74, 6) is -1.50. The number of rotatable bonds is 24. The number of unbranched alkanes of at least 4 members (excludes halogenated alkanes) is 2. The minimum absolute atomic E-state index is 0. The Hall–Kier alpha value is 0.0900. The predicted molar refractivity (Wildman–Crippen MR) is 265 cm³/mol. The van der Waals surface area contributed by atoms with Gasteiger partial charge in [-0.25, -0.2) is 21.5 Å². The third-order valence-electron chi connectivity index (χ3n) is 13.0. The van der Waals surface area contributed by atoms with Crippen LogP contribution in [0.4, 0.5) is 11.4 Å². The van der Waals surface area contributed by atoms with Gasteiger partial charge in [-0.05, 0) is 136 Å². The Morgan fingerprint density at radius 1 is 0.759 bits per heavy atom. The molecule has 7 rings (SSSR count). The number of ether oxygens (including phenoxy) is 1. The number of allylic oxidation sites excluding steroid dienone is 8. The first-order valence-corrected chi connectivity index (χ1v) is 29.2. The van der Waals surface area contributed by atoms with Crippen molar-refractivity contribution in [2.75, 3.05) is 36.1 Å². The second kappa shape index (κ2) is 32.2. The third-order valence-corrected chi connectivity index (χ3v) is 16.6. The molecular weight excluding hydrogens is 1180 g/mol. The molecule has 0 spiro atoms. The van der Waals surface area contributed by atoms with E-state index >= 15 is 0 Å². The average molecular weight is 1230 g/mol. The van der Waals surface area contributed by atoms with Gasteiger partial charge in [-0.3, -0.25) is 14.6 Å². The normalized spacial score (nSPS) is 16.6. The van der Waals surface area contributed by atoms with Crippen molar-refractivity contribution >= 4 is 77.1 Å². The summed E-state index contributed by atoms with van der Waals surface area (Å²) in [6, 6.07) is 15.9. The smallest absolute Gasteiger partial charge is 0.858 e. The minimum atomic E-state index is -4.85. The van der Waals surface area contributed by atoms with Crippen LogP contribution in [0.3, 0.4) is 0 Å². The predicted octanol–water partition coefficient (Wildman–Crippen LogP) is -9.49. The summed E-state index contributed by atoms with van der Waals surface area (Å²) in [6.07, 6.45) is 9.22. The van der Waals surface area contributed by atoms with Crippen LogP contribution in [0.2, 0.25) is 0 Å². The number of aromatic nitrogens is 2. The van der Waals surface area contributed by atoms with Gasteiger partial charge in [0.2, 0.25) is 11.6 Å². The Balaban J connectivity index is 0.00000427. The Bertz CT molecular complexity index is 3300. The van der Waals surface area contributed by atoms with Gasteiger partial charge in [0.15, 0.2) is 5.71 Å². The van der Waals surface area contributed by atoms with E-state index in [1.54, 1.807) is 37.3 Å². The van der Waals surface area contributed by atoms with E-state index in [-0.39, 0.29) is 192 Å². The number of anilines is 1. The fourth-order valence-corrected chi connectivity index (χ4v) is 12.0. The van der Waals surface area contributed by atoms with Crippen molar-refractivity contribution in [3.63, 3.8) is 0 Å². The second-order valence-corrected chi connectivity index (χ2v) is 24.5. The molecule has 0 saturated heterocycles. The molecule has 3 heterocycles. The molecule has 0 saturated carbocycles. The van der Waals surface area contributed by atoms with E-state index in [0.29, 0.717) is 87.0 Å². The van der Waals surface area contributed by atoms with Crippen molar-refractivity contribution < 1.29 is 230 Å². The van der Waals surface area contributed by atoms with E-state index in [4.69, 9.17) is 4.74 Å². The Morgan fingerprint density at radius 3 is 2.00 bits per heavy atom. The van der Waals surface area contributed by atoms with Crippen molar-refractivity contribution in [3.05, 3.63) is 119 Å². The van der Waals surface area contributed by atoms with Crippen molar-refractivity contribution in [1.29, 1.82) is 0 Å². The van der Waals surface area contributed by atoms with Gasteiger partial charge in [-0.15, -0.1) is 5.10 Å². The minimum Gasteiger partial charge on any atom is -0.858 e. The van der Waals surface area contributed by atoms with Crippen LogP contribution >= 0.6 is 24.1 Å². The monoisotopic (exact) mass is 1230 g/mol. The number of benzene rings is 3. The topological polar surface area (TPSA) is 308 Å². The molecule has 1 aromatic heterocycles. The largest absolute Gasteiger partial charge is 1.00 e. The molecule has 3 aliphatic rings. The van der Waals surface area contributed by atoms with Crippen LogP contribution in [0.15, 0.2) is 116 Å². The van der Waals surface area contributed by atoms with Gasteiger partial charge < -0.3 is 34.4 Å². The van der Waals surface area contributed by atoms with E-state index in [9.17, 15) is 54.5 Å². The summed E-state index contributed by atoms with van der Waals surface area (Å²) in [7, 11) is -13.6. The first-order chi connectivity index (χ1) is 34.9. The molecule has 0 amide bonds. The van der Waals surface area contributed by atoms with Gasteiger partial charge in [0, 0.05) is 68.9 Å². The molecule has 4 aromatic rings. The summed E-state index contributed by atoms with van der Waals surface area (Å²) in [4.78, 5) is 2.54. The SMILES string of the molecule is CCOc1nn(-c2ccc(SOO[O-])cc2)c([O-])c1C1=C(C=CC2=[N+](CCCCS(=O)(=O)O)c3ccc(SOO[O-])cc3C2(C)C)CCC1=C/C=C1/N(CCCCS(=O)(=O)[O-])c2ccc(S(=O)(=O)[O-])cc2C1(C)C.[Na+].[Na+].[Na+].[Na+].[Na+]. The number of hydrogen-bond donors (Lipinski definition) is 1. The van der Waals surface area contributed by atoms with Crippen LogP contribution in [-0.4, -0.2) is 90.2 Å². The maximum Gasteiger partial charge on any atom is 1.00 e. The molecule has 79 heavy (non-hydrogen) atoms. The van der Waals surface area contributed by atoms with Crippen LogP contribution in [0.5, 0.6) is 11.8 Å². The van der Waals surface area contributed by atoms with Gasteiger partial charge >= 0.3 is 148 Å². The zero-order chi connectivity index (χ0) is 53.8. The van der Waals surface area contributed by atoms with Crippen LogP contribution in [0, 0.1) is 0 Å². The van der Waals surface area contributed by atoms with E-state index in [2.05, 4.69) is 28.4 Å². The van der Waals surface area contributed by atoms with Crippen molar-refractivity contribution in [3.8, 4) is 17.4 Å². The summed E-state index contributed by atoms with van der Waals surface area (Å²) >= 11 is 1.40. The molecule has 0 atom stereocenters. The van der Waals surface area contributed by atoms with Crippen LogP contribution in [0.25, 0.3) is 11.3 Å². The molecule has 3 aromatic carbocycles. The molecule has 31 heteroatoms. The van der Waals surface area contributed by atoms with Gasteiger partial charge in [0.05, 0.1) is 68.1 Å². The first-order valence-electron chi connectivity index (χ1n) is 23.1. The fraction of sp³-hybridized carbons (Fsp3) is 0.375. The molecule has 0 fully saturated rings. The zero-order valence-electron chi connectivity index (χ0n) is 45.7. The van der Waals surface area contributed by atoms with Crippen molar-refractivity contribution in [2.45, 2.75) is 98.7 Å². The van der Waals surface area contributed by atoms with Gasteiger partial charge in [-0.2, -0.15) is 21.7 Å². The number of fused-ring (bicyclic) bond motifs is 2. The van der Waals surface area contributed by atoms with Gasteiger partial charge in [0.1, 0.15) is 16.7 Å². The Labute approximate surface area is 579 Å². The van der Waals surface area contributed by atoms with E-state index in [1.807, 2.05) is 69.0 Å². The fourth-order valence-electron chi connectivity index (χ4n) is 9.60. The average Bonchev–Trinajstić information content (AvgIpc) is 4.00. The number of nitrogens with zero attached hydrogens (tertiary/aromatic N) is 4. The number of hydrogen-bond acceptors (Lipinski definition) is 20. The molecule has 400 valence electrons. The molecule has 0 bridgehead atoms. The summed E-state index contributed by atoms with van der Waals surface area (Å²) < 4.78 is 123. The molecular formula is C48H52N4Na5O17S5+. The van der Waals surface area contributed by atoms with E-state index < -0.39 is 63.5 Å². The van der Waals surface area contributed by atoms with E-state index in [0.717, 1.165) is 29.0 Å². The standard InChI is InChI=1S/C48H56N4O17S5.5Na/c1-6-65-45-44(46(53)52(49-45)33-15-17-34(18-16-33)70-68-66-54)43-31(13-23-41-47(2,3)37-29-35(71-69-67-55)19-21-39(37)50(41)25-7-9-27-72(56,57)58)11-12-32(43)14-24-42-48(4,5)38-30-36(74(62,63)64)20-22-40(38)51(42)26-8-10-28-73(59,60)61;;;;;/h13-24,29-30H,6-12,25-28H2,1-5H3,(H5,54,55,56,57,58,59,60,61,62,63,64);;;;;/q;5*+1/p-4/b32-14?,42-24+;;;;;. The van der Waals surface area contributed by atoms with Crippen LogP contribution < -0.4 is 173 Å². The Kier molecular flexibility index (Phi) is 30.6. The summed E-state index contributed by atoms with van der Waals surface area (Å²) in [6.45, 7) is 10.2. The molecule has 1 aliphatic carbocycles. The second-order valence-electron chi connectivity index (χ2n) is 18.5. The quantitative estimate of drug-likeness (QED) is 0.0130.